The molecule has 0 aliphatic rings. The Morgan fingerprint density at radius 1 is 1.29 bits per heavy atom. The number of nitrogens with zero attached hydrogens (tertiary/aromatic N) is 2. The van der Waals surface area contributed by atoms with Gasteiger partial charge < -0.3 is 10.6 Å². The average molecular weight is 435 g/mol. The lowest BCUT2D eigenvalue weighted by atomic mass is 10.1. The van der Waals surface area contributed by atoms with E-state index in [-0.39, 0.29) is 0 Å². The Morgan fingerprint density at radius 2 is 2.00 bits per heavy atom. The lowest BCUT2D eigenvalue weighted by molar-refractivity contribution is -0.140. The summed E-state index contributed by atoms with van der Waals surface area (Å²) < 4.78 is 61.0. The Bertz CT molecular complexity index is 954. The Hall–Kier alpha value is -2.14. The van der Waals surface area contributed by atoms with Crippen LogP contribution in [0.25, 0.3) is 0 Å². The molecule has 28 heavy (non-hydrogen) atoms. The summed E-state index contributed by atoms with van der Waals surface area (Å²) in [6.07, 6.45) is -2.92. The van der Waals surface area contributed by atoms with Gasteiger partial charge in [0.2, 0.25) is 0 Å². The third-order valence-corrected chi connectivity index (χ3v) is 5.96. The van der Waals surface area contributed by atoms with Crippen molar-refractivity contribution >= 4 is 27.1 Å². The Morgan fingerprint density at radius 3 is 2.54 bits per heavy atom. The lowest BCUT2D eigenvalue weighted by Crippen LogP contribution is -2.37. The zero-order valence-corrected chi connectivity index (χ0v) is 17.2. The van der Waals surface area contributed by atoms with E-state index < -0.39 is 21.7 Å². The van der Waals surface area contributed by atoms with E-state index in [1.54, 1.807) is 32.2 Å². The Kier molecular flexibility index (Phi) is 7.05. The van der Waals surface area contributed by atoms with Gasteiger partial charge in [0.15, 0.2) is 21.5 Å². The first-order valence-electron chi connectivity index (χ1n) is 8.26. The summed E-state index contributed by atoms with van der Waals surface area (Å²) >= 11 is 0.970. The van der Waals surface area contributed by atoms with E-state index in [0.717, 1.165) is 22.3 Å². The summed E-state index contributed by atoms with van der Waals surface area (Å²) in [5, 5.41) is 7.49. The zero-order chi connectivity index (χ0) is 20.9. The Balaban J connectivity index is 1.86. The number of hydrogen-bond donors (Lipinski definition) is 2. The molecule has 1 heterocycles. The summed E-state index contributed by atoms with van der Waals surface area (Å²) in [6, 6.07) is 5.07. The van der Waals surface area contributed by atoms with Gasteiger partial charge in [-0.2, -0.15) is 13.2 Å². The molecule has 0 radical (unpaired) electrons. The van der Waals surface area contributed by atoms with E-state index in [1.807, 2.05) is 0 Å². The molecule has 0 atom stereocenters. The average Bonchev–Trinajstić information content (AvgIpc) is 3.06. The number of thiazole rings is 1. The first-order chi connectivity index (χ1) is 13.0. The van der Waals surface area contributed by atoms with Crippen LogP contribution in [-0.2, 0) is 29.0 Å². The maximum atomic E-state index is 12.6. The van der Waals surface area contributed by atoms with Crippen LogP contribution < -0.4 is 10.6 Å². The van der Waals surface area contributed by atoms with Gasteiger partial charge in [-0.25, -0.2) is 13.4 Å². The molecule has 11 heteroatoms. The van der Waals surface area contributed by atoms with Gasteiger partial charge in [0.25, 0.3) is 0 Å². The molecule has 6 nitrogen and oxygen atoms in total. The second kappa shape index (κ2) is 8.91. The number of guanidine groups is 1. The number of aromatic nitrogens is 1. The maximum Gasteiger partial charge on any atom is 0.434 e. The number of halogens is 3. The van der Waals surface area contributed by atoms with Crippen molar-refractivity contribution < 1.29 is 21.6 Å². The number of aliphatic imine (C=N–C) groups is 1. The van der Waals surface area contributed by atoms with Crippen molar-refractivity contribution in [3.05, 3.63) is 45.4 Å². The fourth-order valence-corrected chi connectivity index (χ4v) is 4.25. The number of aryl methyl sites for hydroxylation is 1. The highest BCUT2D eigenvalue weighted by molar-refractivity contribution is 7.90. The number of rotatable bonds is 6. The monoisotopic (exact) mass is 434 g/mol. The minimum absolute atomic E-state index is 0.292. The predicted molar refractivity (Wildman–Crippen MR) is 103 cm³/mol. The van der Waals surface area contributed by atoms with Crippen molar-refractivity contribution in [2.24, 2.45) is 4.99 Å². The molecule has 1 aromatic heterocycles. The molecule has 0 aliphatic heterocycles. The van der Waals surface area contributed by atoms with Gasteiger partial charge in [-0.15, -0.1) is 11.3 Å². The molecule has 0 unspecified atom stereocenters. The number of benzene rings is 1. The minimum Gasteiger partial charge on any atom is -0.356 e. The molecule has 0 fully saturated rings. The van der Waals surface area contributed by atoms with Crippen molar-refractivity contribution in [2.45, 2.75) is 31.0 Å². The molecule has 1 aromatic carbocycles. The van der Waals surface area contributed by atoms with Crippen molar-refractivity contribution in [1.29, 1.82) is 0 Å². The van der Waals surface area contributed by atoms with Gasteiger partial charge >= 0.3 is 6.18 Å². The van der Waals surface area contributed by atoms with Crippen molar-refractivity contribution in [2.75, 3.05) is 19.8 Å². The van der Waals surface area contributed by atoms with Crippen LogP contribution >= 0.6 is 11.3 Å². The molecule has 2 rings (SSSR count). The summed E-state index contributed by atoms with van der Waals surface area (Å²) in [7, 11) is -1.68. The molecule has 0 saturated heterocycles. The second-order valence-corrected chi connectivity index (χ2v) is 9.03. The van der Waals surface area contributed by atoms with Crippen LogP contribution in [0.1, 0.15) is 21.8 Å². The van der Waals surface area contributed by atoms with Gasteiger partial charge in [0, 0.05) is 38.2 Å². The third-order valence-electron chi connectivity index (χ3n) is 3.80. The summed E-state index contributed by atoms with van der Waals surface area (Å²) in [5.74, 6) is 0.484. The molecule has 2 aromatic rings. The molecule has 0 saturated carbocycles. The standard InChI is InChI=1S/C17H21F3N4O2S2/c1-11-8-12(4-5-13(11)28(3,25)26)9-23-16(21-2)22-7-6-15-24-14(10-27-15)17(18,19)20/h4-5,8,10H,6-7,9H2,1-3H3,(H2,21,22,23). The van der Waals surface area contributed by atoms with E-state index in [1.165, 1.54) is 6.26 Å². The van der Waals surface area contributed by atoms with E-state index in [4.69, 9.17) is 0 Å². The van der Waals surface area contributed by atoms with Crippen LogP contribution in [-0.4, -0.2) is 39.2 Å². The van der Waals surface area contributed by atoms with Crippen LogP contribution in [0.15, 0.2) is 33.5 Å². The molecular weight excluding hydrogens is 413 g/mol. The highest BCUT2D eigenvalue weighted by Gasteiger charge is 2.33. The number of alkyl halides is 3. The van der Waals surface area contributed by atoms with E-state index in [9.17, 15) is 21.6 Å². The van der Waals surface area contributed by atoms with Crippen molar-refractivity contribution in [3.63, 3.8) is 0 Å². The normalized spacial score (nSPS) is 12.9. The van der Waals surface area contributed by atoms with Crippen molar-refractivity contribution in [1.82, 2.24) is 15.6 Å². The van der Waals surface area contributed by atoms with Crippen LogP contribution in [0.2, 0.25) is 0 Å². The van der Waals surface area contributed by atoms with Crippen LogP contribution in [0.4, 0.5) is 13.2 Å². The molecule has 0 amide bonds. The van der Waals surface area contributed by atoms with Gasteiger partial charge in [0.05, 0.1) is 9.90 Å². The quantitative estimate of drug-likeness (QED) is 0.540. The van der Waals surface area contributed by atoms with Crippen LogP contribution in [0, 0.1) is 6.92 Å². The minimum atomic E-state index is -4.43. The number of sulfone groups is 1. The molecule has 154 valence electrons. The molecular formula is C17H21F3N4O2S2. The predicted octanol–water partition coefficient (Wildman–Crippen LogP) is 2.78. The fourth-order valence-electron chi connectivity index (χ4n) is 2.49. The van der Waals surface area contributed by atoms with Gasteiger partial charge in [-0.3, -0.25) is 4.99 Å². The molecule has 0 bridgehead atoms. The topological polar surface area (TPSA) is 83.4 Å². The molecule has 0 aliphatic carbocycles. The summed E-state index contributed by atoms with van der Waals surface area (Å²) in [4.78, 5) is 7.93. The summed E-state index contributed by atoms with van der Waals surface area (Å²) in [6.45, 7) is 2.52. The van der Waals surface area contributed by atoms with Crippen LogP contribution in [0.5, 0.6) is 0 Å². The fraction of sp³-hybridized carbons (Fsp3) is 0.412. The van der Waals surface area contributed by atoms with E-state index in [0.29, 0.717) is 40.9 Å². The highest BCUT2D eigenvalue weighted by Crippen LogP contribution is 2.30. The summed E-state index contributed by atoms with van der Waals surface area (Å²) in [5.41, 5.74) is 0.666. The number of hydrogen-bond acceptors (Lipinski definition) is 5. The first kappa shape index (κ1) is 22.2. The largest absolute Gasteiger partial charge is 0.434 e. The Labute approximate surface area is 165 Å². The van der Waals surface area contributed by atoms with Gasteiger partial charge in [-0.1, -0.05) is 12.1 Å². The van der Waals surface area contributed by atoms with Gasteiger partial charge in [-0.05, 0) is 24.1 Å². The SMILES string of the molecule is CN=C(NCCc1nc(C(F)(F)F)cs1)NCc1ccc(S(C)(=O)=O)c(C)c1. The van der Waals surface area contributed by atoms with E-state index >= 15 is 0 Å². The lowest BCUT2D eigenvalue weighted by Gasteiger charge is -2.12. The second-order valence-electron chi connectivity index (χ2n) is 6.10. The van der Waals surface area contributed by atoms with E-state index in [2.05, 4.69) is 20.6 Å². The van der Waals surface area contributed by atoms with Crippen molar-refractivity contribution in [3.8, 4) is 0 Å². The molecule has 2 N–H and O–H groups in total. The first-order valence-corrected chi connectivity index (χ1v) is 11.0. The molecule has 0 spiro atoms. The van der Waals surface area contributed by atoms with Crippen LogP contribution in [0.3, 0.4) is 0 Å². The zero-order valence-electron chi connectivity index (χ0n) is 15.6. The highest BCUT2D eigenvalue weighted by atomic mass is 32.2. The van der Waals surface area contributed by atoms with Gasteiger partial charge in [0.1, 0.15) is 0 Å². The number of nitrogens with one attached hydrogen (secondary N) is 2. The maximum absolute atomic E-state index is 12.6. The third kappa shape index (κ3) is 6.20. The smallest absolute Gasteiger partial charge is 0.356 e.